The van der Waals surface area contributed by atoms with Gasteiger partial charge in [-0.05, 0) is 93.6 Å². The van der Waals surface area contributed by atoms with Crippen molar-refractivity contribution in [2.24, 2.45) is 0 Å². The van der Waals surface area contributed by atoms with E-state index in [4.69, 9.17) is 33.2 Å². The van der Waals surface area contributed by atoms with Gasteiger partial charge in [-0.1, -0.05) is 43.7 Å². The summed E-state index contributed by atoms with van der Waals surface area (Å²) < 4.78 is 41.8. The van der Waals surface area contributed by atoms with E-state index in [1.807, 2.05) is 30.3 Å². The van der Waals surface area contributed by atoms with Gasteiger partial charge in [-0.3, -0.25) is 4.79 Å². The van der Waals surface area contributed by atoms with E-state index >= 15 is 0 Å². The number of hydrogen-bond donors (Lipinski definition) is 10. The van der Waals surface area contributed by atoms with Gasteiger partial charge >= 0.3 is 18.3 Å². The molecule has 2 saturated heterocycles. The number of aliphatic hydroxyl groups is 5. The average Bonchev–Trinajstić information content (AvgIpc) is 3.19. The summed E-state index contributed by atoms with van der Waals surface area (Å²) in [5.74, 6) is -0.813. The van der Waals surface area contributed by atoms with Crippen LogP contribution in [0.1, 0.15) is 107 Å². The maximum atomic E-state index is 13.5. The molecule has 0 bridgehead atoms. The number of benzene rings is 1. The predicted molar refractivity (Wildman–Crippen MR) is 236 cm³/mol. The molecule has 6 unspecified atom stereocenters. The van der Waals surface area contributed by atoms with Gasteiger partial charge in [0.2, 0.25) is 5.91 Å². The summed E-state index contributed by atoms with van der Waals surface area (Å²) in [6.07, 6.45) is -15.9. The topological polar surface area (TPSA) is 294 Å². The molecule has 376 valence electrons. The van der Waals surface area contributed by atoms with Crippen LogP contribution in [-0.4, -0.2) is 165 Å². The molecule has 3 fully saturated rings. The number of hydrogen-bond acceptors (Lipinski definition) is 17. The summed E-state index contributed by atoms with van der Waals surface area (Å²) in [7, 11) is 0. The van der Waals surface area contributed by atoms with Crippen LogP contribution in [0.15, 0.2) is 30.3 Å². The summed E-state index contributed by atoms with van der Waals surface area (Å²) in [6.45, 7) is 16.4. The highest BCUT2D eigenvalue weighted by Gasteiger charge is 2.53. The highest BCUT2D eigenvalue weighted by atomic mass is 16.7. The number of carbonyl (C=O) groups excluding carboxylic acids is 4. The first-order valence-electron chi connectivity index (χ1n) is 22.8. The molecule has 3 aliphatic rings. The third-order valence-corrected chi connectivity index (χ3v) is 10.8. The molecule has 4 rings (SSSR count). The lowest BCUT2D eigenvalue weighted by molar-refractivity contribution is -0.317. The van der Waals surface area contributed by atoms with Gasteiger partial charge in [0.15, 0.2) is 12.6 Å². The molecule has 10 N–H and O–H groups in total. The second-order valence-electron chi connectivity index (χ2n) is 20.0. The second-order valence-corrected chi connectivity index (χ2v) is 20.0. The molecular weight excluding hydrogens is 867 g/mol. The normalized spacial score (nSPS) is 31.2. The Hall–Kier alpha value is -3.90. The largest absolute Gasteiger partial charge is 0.444 e. The number of carbonyl (C=O) groups is 4. The van der Waals surface area contributed by atoms with E-state index in [-0.39, 0.29) is 32.4 Å². The van der Waals surface area contributed by atoms with Crippen LogP contribution < -0.4 is 26.6 Å². The highest BCUT2D eigenvalue weighted by molar-refractivity contribution is 5.80. The van der Waals surface area contributed by atoms with E-state index in [0.717, 1.165) is 5.56 Å². The molecule has 21 nitrogen and oxygen atoms in total. The van der Waals surface area contributed by atoms with Gasteiger partial charge in [0.25, 0.3) is 0 Å². The molecule has 2 aliphatic heterocycles. The Morgan fingerprint density at radius 3 is 1.82 bits per heavy atom. The Bertz CT molecular complexity index is 1710. The van der Waals surface area contributed by atoms with Gasteiger partial charge in [-0.2, -0.15) is 0 Å². The van der Waals surface area contributed by atoms with E-state index in [2.05, 4.69) is 26.6 Å². The van der Waals surface area contributed by atoms with Gasteiger partial charge in [0, 0.05) is 13.1 Å². The van der Waals surface area contributed by atoms with E-state index in [1.54, 1.807) is 69.2 Å². The van der Waals surface area contributed by atoms with Crippen molar-refractivity contribution in [1.82, 2.24) is 26.6 Å². The van der Waals surface area contributed by atoms with E-state index in [0.29, 0.717) is 12.8 Å². The molecule has 0 spiro atoms. The van der Waals surface area contributed by atoms with Crippen molar-refractivity contribution in [3.63, 3.8) is 0 Å². The number of amides is 4. The maximum absolute atomic E-state index is 13.5. The SMILES string of the molecule is CCC[C@H](O)C(=O)N[C@@H]1C[C@@H](NC(=O)OC(C)(C)C)C(O[C@H]2OC(CNC(=O)OC(C)(C)C)CCC2NC(=O)OC(C)(C)C)C(O)[C@H]1O[C@H]1OC(CO)[C@@H](O)[C@H](NCc2ccccc2)C1O. The lowest BCUT2D eigenvalue weighted by Gasteiger charge is -2.49. The second kappa shape index (κ2) is 23.9. The lowest BCUT2D eigenvalue weighted by atomic mass is 9.83. The Morgan fingerprint density at radius 2 is 1.26 bits per heavy atom. The Balaban J connectivity index is 1.73. The van der Waals surface area contributed by atoms with Crippen LogP contribution >= 0.6 is 0 Å². The van der Waals surface area contributed by atoms with E-state index in [9.17, 15) is 44.7 Å². The van der Waals surface area contributed by atoms with Gasteiger partial charge < -0.3 is 85.3 Å². The first kappa shape index (κ1) is 54.7. The molecule has 1 aliphatic carbocycles. The zero-order valence-electron chi connectivity index (χ0n) is 39.9. The first-order chi connectivity index (χ1) is 30.8. The molecule has 14 atom stereocenters. The van der Waals surface area contributed by atoms with Crippen LogP contribution in [0.25, 0.3) is 0 Å². The maximum Gasteiger partial charge on any atom is 0.408 e. The molecule has 0 aromatic heterocycles. The fourth-order valence-corrected chi connectivity index (χ4v) is 7.80. The Kier molecular flexibility index (Phi) is 19.8. The number of nitrogens with one attached hydrogen (secondary N) is 5. The van der Waals surface area contributed by atoms with Gasteiger partial charge in [0.1, 0.15) is 59.5 Å². The van der Waals surface area contributed by atoms with Crippen LogP contribution in [0.4, 0.5) is 14.4 Å². The number of ether oxygens (including phenoxy) is 7. The molecular formula is C45H75N5O16. The molecule has 0 radical (unpaired) electrons. The minimum absolute atomic E-state index is 0.0328. The zero-order valence-corrected chi connectivity index (χ0v) is 39.9. The molecule has 66 heavy (non-hydrogen) atoms. The molecule has 4 amide bonds. The highest BCUT2D eigenvalue weighted by Crippen LogP contribution is 2.33. The lowest BCUT2D eigenvalue weighted by Crippen LogP contribution is -2.70. The van der Waals surface area contributed by atoms with Crippen molar-refractivity contribution >= 4 is 24.2 Å². The molecule has 1 saturated carbocycles. The molecule has 1 aromatic rings. The van der Waals surface area contributed by atoms with Gasteiger partial charge in [-0.15, -0.1) is 0 Å². The van der Waals surface area contributed by atoms with Gasteiger partial charge in [-0.25, -0.2) is 14.4 Å². The molecule has 21 heteroatoms. The fourth-order valence-electron chi connectivity index (χ4n) is 7.80. The fraction of sp³-hybridized carbons (Fsp3) is 0.778. The summed E-state index contributed by atoms with van der Waals surface area (Å²) in [6, 6.07) is 4.70. The van der Waals surface area contributed by atoms with Crippen molar-refractivity contribution in [1.29, 1.82) is 0 Å². The summed E-state index contributed by atoms with van der Waals surface area (Å²) >= 11 is 0. The number of alkyl carbamates (subject to hydrolysis) is 3. The Morgan fingerprint density at radius 1 is 0.712 bits per heavy atom. The van der Waals surface area contributed by atoms with Crippen molar-refractivity contribution in [3.8, 4) is 0 Å². The van der Waals surface area contributed by atoms with Gasteiger partial charge in [0.05, 0.1) is 36.9 Å². The predicted octanol–water partition coefficient (Wildman–Crippen LogP) is 1.58. The Labute approximate surface area is 387 Å². The number of rotatable bonds is 16. The van der Waals surface area contributed by atoms with Crippen molar-refractivity contribution < 1.29 is 77.9 Å². The van der Waals surface area contributed by atoms with Crippen LogP contribution in [-0.2, 0) is 44.5 Å². The quantitative estimate of drug-likeness (QED) is 0.105. The third kappa shape index (κ3) is 17.0. The zero-order chi connectivity index (χ0) is 49.1. The standard InChI is InChI=1S/C45H75N5O16/c1-11-15-29(52)37(56)48-27-20-28(50-42(59)66-45(8,9)10)36(34(55)35(27)63-39-33(54)31(32(53)30(23-51)61-39)46-21-24-16-13-12-14-17-24)62-38-26(49-41(58)65-44(5,6)7)19-18-25(60-38)22-47-40(57)64-43(2,3)4/h12-14,16-17,25-36,38-39,46,51-55H,11,15,18-23H2,1-10H3,(H,47,57)(H,48,56)(H,49,58)(H,50,59)/t25?,26?,27-,28-,29+,30?,31+,32-,33?,34?,35+,36?,38-,39-/m1/s1. The van der Waals surface area contributed by atoms with E-state index in [1.165, 1.54) is 0 Å². The minimum Gasteiger partial charge on any atom is -0.444 e. The molecule has 1 aromatic carbocycles. The van der Waals surface area contributed by atoms with Crippen molar-refractivity contribution in [2.45, 2.75) is 210 Å². The minimum atomic E-state index is -1.83. The van der Waals surface area contributed by atoms with Crippen LogP contribution in [0.2, 0.25) is 0 Å². The molecule has 2 heterocycles. The van der Waals surface area contributed by atoms with E-state index < -0.39 is 133 Å². The first-order valence-corrected chi connectivity index (χ1v) is 22.8. The van der Waals surface area contributed by atoms with Crippen LogP contribution in [0, 0.1) is 0 Å². The summed E-state index contributed by atoms with van der Waals surface area (Å²) in [5.41, 5.74) is -1.79. The van der Waals surface area contributed by atoms with Crippen LogP contribution in [0.3, 0.4) is 0 Å². The monoisotopic (exact) mass is 942 g/mol. The van der Waals surface area contributed by atoms with Crippen LogP contribution in [0.5, 0.6) is 0 Å². The average molecular weight is 942 g/mol. The number of aliphatic hydroxyl groups excluding tert-OH is 5. The smallest absolute Gasteiger partial charge is 0.408 e. The summed E-state index contributed by atoms with van der Waals surface area (Å²) in [5, 5.41) is 70.5. The summed E-state index contributed by atoms with van der Waals surface area (Å²) in [4.78, 5) is 52.8. The third-order valence-electron chi connectivity index (χ3n) is 10.8. The van der Waals surface area contributed by atoms with Crippen molar-refractivity contribution in [3.05, 3.63) is 35.9 Å². The van der Waals surface area contributed by atoms with Crippen molar-refractivity contribution in [2.75, 3.05) is 13.2 Å².